The minimum Gasteiger partial charge on any atom is -0.492 e. The number of ether oxygens (including phenoxy) is 1. The molecule has 30 heavy (non-hydrogen) atoms. The van der Waals surface area contributed by atoms with Gasteiger partial charge in [-0.2, -0.15) is 0 Å². The first-order valence-electron chi connectivity index (χ1n) is 10.4. The largest absolute Gasteiger partial charge is 0.492 e. The maximum Gasteiger partial charge on any atom is 0.236 e. The first-order chi connectivity index (χ1) is 14.5. The fraction of sp³-hybridized carbons (Fsp3) is 0.348. The van der Waals surface area contributed by atoms with E-state index in [1.54, 1.807) is 6.07 Å². The molecule has 7 heteroatoms. The van der Waals surface area contributed by atoms with Crippen LogP contribution in [0.5, 0.6) is 5.75 Å². The third-order valence-electron chi connectivity index (χ3n) is 5.33. The number of nitrogens with zero attached hydrogens (tertiary/aromatic N) is 2. The molecule has 0 amide bonds. The van der Waals surface area contributed by atoms with Gasteiger partial charge in [0.1, 0.15) is 23.9 Å². The minimum atomic E-state index is -3.56. The van der Waals surface area contributed by atoms with Gasteiger partial charge >= 0.3 is 0 Å². The first-order valence-corrected chi connectivity index (χ1v) is 12.1. The van der Waals surface area contributed by atoms with Crippen molar-refractivity contribution in [2.24, 2.45) is 0 Å². The summed E-state index contributed by atoms with van der Waals surface area (Å²) in [4.78, 5) is 4.73. The van der Waals surface area contributed by atoms with Crippen molar-refractivity contribution in [1.29, 1.82) is 0 Å². The number of aromatic nitrogens is 2. The van der Waals surface area contributed by atoms with E-state index < -0.39 is 10.0 Å². The Balaban J connectivity index is 1.43. The van der Waals surface area contributed by atoms with Crippen LogP contribution in [0.2, 0.25) is 0 Å². The third kappa shape index (κ3) is 4.84. The lowest BCUT2D eigenvalue weighted by molar-refractivity contribution is 0.341. The van der Waals surface area contributed by atoms with Crippen molar-refractivity contribution >= 4 is 15.7 Å². The zero-order valence-electron chi connectivity index (χ0n) is 17.2. The highest BCUT2D eigenvalue weighted by molar-refractivity contribution is 7.92. The van der Waals surface area contributed by atoms with E-state index in [0.29, 0.717) is 11.4 Å². The van der Waals surface area contributed by atoms with Crippen LogP contribution in [-0.2, 0) is 29.4 Å². The molecule has 0 aliphatic carbocycles. The third-order valence-corrected chi connectivity index (χ3v) is 6.56. The molecule has 0 spiro atoms. The average Bonchev–Trinajstić information content (AvgIpc) is 3.18. The molecule has 0 unspecified atom stereocenters. The second-order valence-electron chi connectivity index (χ2n) is 7.51. The fourth-order valence-electron chi connectivity index (χ4n) is 3.65. The Kier molecular flexibility index (Phi) is 6.08. The van der Waals surface area contributed by atoms with Gasteiger partial charge in [-0.05, 0) is 43.0 Å². The van der Waals surface area contributed by atoms with Crippen LogP contribution in [0.1, 0.15) is 31.2 Å². The number of fused-ring (bicyclic) bond motifs is 1. The summed E-state index contributed by atoms with van der Waals surface area (Å²) < 4.78 is 35.8. The normalized spacial score (nSPS) is 13.6. The molecule has 1 aromatic heterocycles. The van der Waals surface area contributed by atoms with E-state index in [9.17, 15) is 8.42 Å². The van der Waals surface area contributed by atoms with Gasteiger partial charge < -0.3 is 9.30 Å². The van der Waals surface area contributed by atoms with Crippen molar-refractivity contribution < 1.29 is 13.2 Å². The van der Waals surface area contributed by atoms with Crippen molar-refractivity contribution in [3.8, 4) is 17.0 Å². The summed E-state index contributed by atoms with van der Waals surface area (Å²) in [5, 5.41) is 0. The number of rotatable bonds is 8. The Morgan fingerprint density at radius 3 is 2.67 bits per heavy atom. The summed E-state index contributed by atoms with van der Waals surface area (Å²) in [5.74, 6) is 1.61. The molecule has 2 heterocycles. The van der Waals surface area contributed by atoms with Crippen LogP contribution in [0.4, 0.5) is 5.69 Å². The number of benzene rings is 2. The molecule has 2 aromatic carbocycles. The molecule has 158 valence electrons. The Bertz CT molecular complexity index is 1080. The lowest BCUT2D eigenvalue weighted by atomic mass is 10.1. The van der Waals surface area contributed by atoms with E-state index in [4.69, 9.17) is 9.72 Å². The number of sulfonamides is 1. The highest BCUT2D eigenvalue weighted by Crippen LogP contribution is 2.29. The van der Waals surface area contributed by atoms with E-state index >= 15 is 0 Å². The molecule has 1 N–H and O–H groups in total. The maximum absolute atomic E-state index is 12.7. The number of aryl methyl sites for hydroxylation is 3. The molecule has 4 rings (SSSR count). The van der Waals surface area contributed by atoms with Gasteiger partial charge in [-0.3, -0.25) is 4.72 Å². The van der Waals surface area contributed by atoms with Crippen LogP contribution in [0.3, 0.4) is 0 Å². The smallest absolute Gasteiger partial charge is 0.236 e. The molecular formula is C23H27N3O3S. The molecular weight excluding hydrogens is 398 g/mol. The molecule has 0 bridgehead atoms. The predicted molar refractivity (Wildman–Crippen MR) is 119 cm³/mol. The van der Waals surface area contributed by atoms with Gasteiger partial charge in [0.25, 0.3) is 0 Å². The van der Waals surface area contributed by atoms with Crippen molar-refractivity contribution in [2.45, 2.75) is 39.2 Å². The van der Waals surface area contributed by atoms with E-state index in [1.165, 1.54) is 5.56 Å². The number of nitrogens with one attached hydrogen (secondary N) is 1. The minimum absolute atomic E-state index is 0.0851. The number of para-hydroxylation sites is 1. The van der Waals surface area contributed by atoms with Crippen molar-refractivity contribution in [3.63, 3.8) is 0 Å². The summed E-state index contributed by atoms with van der Waals surface area (Å²) in [6, 6.07) is 15.1. The van der Waals surface area contributed by atoms with E-state index in [1.807, 2.05) is 48.7 Å². The molecule has 6 nitrogen and oxygen atoms in total. The molecule has 1 aliphatic rings. The van der Waals surface area contributed by atoms with Crippen molar-refractivity contribution in [2.75, 3.05) is 17.1 Å². The van der Waals surface area contributed by atoms with Gasteiger partial charge in [0.15, 0.2) is 0 Å². The maximum atomic E-state index is 12.7. The van der Waals surface area contributed by atoms with Crippen LogP contribution >= 0.6 is 0 Å². The second kappa shape index (κ2) is 8.92. The Morgan fingerprint density at radius 2 is 1.90 bits per heavy atom. The molecule has 0 fully saturated rings. The summed E-state index contributed by atoms with van der Waals surface area (Å²) in [7, 11) is -3.56. The van der Waals surface area contributed by atoms with Crippen LogP contribution in [0.25, 0.3) is 11.3 Å². The quantitative estimate of drug-likeness (QED) is 0.585. The number of hydrogen-bond donors (Lipinski definition) is 1. The standard InChI is InChI=1S/C23H27N3O3S/c1-2-18-10-12-19(13-11-18)29-15-16-30(27,28)25-21-8-4-3-7-20(21)22-17-26-14-6-5-9-23(26)24-22/h3-4,7-8,10-13,17,25H,2,5-6,9,14-16H2,1H3. The topological polar surface area (TPSA) is 73.2 Å². The summed E-state index contributed by atoms with van der Waals surface area (Å²) >= 11 is 0. The van der Waals surface area contributed by atoms with E-state index in [2.05, 4.69) is 16.2 Å². The highest BCUT2D eigenvalue weighted by atomic mass is 32.2. The van der Waals surface area contributed by atoms with Gasteiger partial charge in [0.05, 0.1) is 11.4 Å². The van der Waals surface area contributed by atoms with Crippen molar-refractivity contribution in [3.05, 3.63) is 66.1 Å². The Labute approximate surface area is 178 Å². The van der Waals surface area contributed by atoms with Gasteiger partial charge in [-0.15, -0.1) is 0 Å². The number of hydrogen-bond acceptors (Lipinski definition) is 4. The Hall–Kier alpha value is -2.80. The van der Waals surface area contributed by atoms with Crippen LogP contribution in [0.15, 0.2) is 54.7 Å². The molecule has 1 aliphatic heterocycles. The SMILES string of the molecule is CCc1ccc(OCCS(=O)(=O)Nc2ccccc2-c2cn3c(n2)CCCC3)cc1. The lowest BCUT2D eigenvalue weighted by Crippen LogP contribution is -2.21. The Morgan fingerprint density at radius 1 is 1.10 bits per heavy atom. The van der Waals surface area contributed by atoms with Gasteiger partial charge in [0.2, 0.25) is 10.0 Å². The molecule has 0 saturated carbocycles. The average molecular weight is 426 g/mol. The van der Waals surface area contributed by atoms with Gasteiger partial charge in [-0.25, -0.2) is 13.4 Å². The summed E-state index contributed by atoms with van der Waals surface area (Å²) in [6.07, 6.45) is 6.23. The lowest BCUT2D eigenvalue weighted by Gasteiger charge is -2.12. The zero-order valence-corrected chi connectivity index (χ0v) is 18.0. The zero-order chi connectivity index (χ0) is 21.0. The van der Waals surface area contributed by atoms with E-state index in [0.717, 1.165) is 49.3 Å². The number of imidazole rings is 1. The molecule has 0 atom stereocenters. The monoisotopic (exact) mass is 425 g/mol. The van der Waals surface area contributed by atoms with Gasteiger partial charge in [0, 0.05) is 24.7 Å². The summed E-state index contributed by atoms with van der Waals surface area (Å²) in [6.45, 7) is 3.14. The van der Waals surface area contributed by atoms with Gasteiger partial charge in [-0.1, -0.05) is 37.3 Å². The fourth-order valence-corrected chi connectivity index (χ4v) is 4.56. The highest BCUT2D eigenvalue weighted by Gasteiger charge is 2.18. The summed E-state index contributed by atoms with van der Waals surface area (Å²) in [5.41, 5.74) is 3.35. The molecule has 0 radical (unpaired) electrons. The predicted octanol–water partition coefficient (Wildman–Crippen LogP) is 4.27. The molecule has 0 saturated heterocycles. The number of anilines is 1. The van der Waals surface area contributed by atoms with E-state index in [-0.39, 0.29) is 12.4 Å². The van der Waals surface area contributed by atoms with Crippen LogP contribution in [0, 0.1) is 0 Å². The molecule has 3 aromatic rings. The van der Waals surface area contributed by atoms with Crippen LogP contribution < -0.4 is 9.46 Å². The second-order valence-corrected chi connectivity index (χ2v) is 9.35. The van der Waals surface area contributed by atoms with Crippen molar-refractivity contribution in [1.82, 2.24) is 9.55 Å². The van der Waals surface area contributed by atoms with Crippen LogP contribution in [-0.4, -0.2) is 30.3 Å². The first kappa shape index (κ1) is 20.5.